The van der Waals surface area contributed by atoms with Crippen molar-refractivity contribution in [1.82, 2.24) is 0 Å². The first-order chi connectivity index (χ1) is 13.0. The lowest BCUT2D eigenvalue weighted by molar-refractivity contribution is 0.0974. The molecule has 0 aromatic heterocycles. The normalized spacial score (nSPS) is 12.9. The molecule has 5 heteroatoms. The Morgan fingerprint density at radius 2 is 1.61 bits per heavy atom. The fourth-order valence-corrected chi connectivity index (χ4v) is 4.17. The van der Waals surface area contributed by atoms with Crippen LogP contribution in [0.4, 0.5) is 0 Å². The van der Waals surface area contributed by atoms with Crippen molar-refractivity contribution >= 4 is 11.6 Å². The van der Waals surface area contributed by atoms with Gasteiger partial charge in [0.25, 0.3) is 0 Å². The molecule has 2 aromatic carbocycles. The number of carbonyl (C=O) groups excluding carboxylic acids is 1. The number of aryl methyl sites for hydroxylation is 2. The second kappa shape index (κ2) is 8.05. The predicted molar refractivity (Wildman–Crippen MR) is 115 cm³/mol. The van der Waals surface area contributed by atoms with Gasteiger partial charge < -0.3 is 16.7 Å². The van der Waals surface area contributed by atoms with Crippen molar-refractivity contribution in [1.29, 1.82) is 0 Å². The fraction of sp³-hybridized carbons (Fsp3) is 0.391. The van der Waals surface area contributed by atoms with Crippen LogP contribution < -0.4 is 11.6 Å². The lowest BCUT2D eigenvalue weighted by atomic mass is 9.82. The molecule has 0 aliphatic rings. The van der Waals surface area contributed by atoms with E-state index in [0.717, 1.165) is 44.5 Å². The van der Waals surface area contributed by atoms with Crippen LogP contribution in [0.25, 0.3) is 0 Å². The van der Waals surface area contributed by atoms with Gasteiger partial charge in [-0.1, -0.05) is 6.92 Å². The topological polar surface area (TPSA) is 102 Å². The number of hydrogen-bond donors (Lipinski definition) is 3. The zero-order valence-electron chi connectivity index (χ0n) is 17.9. The van der Waals surface area contributed by atoms with Crippen molar-refractivity contribution in [3.63, 3.8) is 0 Å². The maximum absolute atomic E-state index is 13.1. The van der Waals surface area contributed by atoms with Crippen molar-refractivity contribution in [3.05, 3.63) is 62.2 Å². The number of hydrazone groups is 1. The molecule has 28 heavy (non-hydrogen) atoms. The molecule has 0 saturated carbocycles. The zero-order chi connectivity index (χ0) is 21.3. The highest BCUT2D eigenvalue weighted by Gasteiger charge is 2.22. The molecule has 1 unspecified atom stereocenters. The Hall–Kier alpha value is -2.82. The Bertz CT molecular complexity index is 975. The van der Waals surface area contributed by atoms with Crippen LogP contribution in [-0.4, -0.2) is 16.7 Å². The lowest BCUT2D eigenvalue weighted by Gasteiger charge is -2.22. The Kier molecular flexibility index (Phi) is 6.17. The summed E-state index contributed by atoms with van der Waals surface area (Å²) in [6.45, 7) is 13.7. The Labute approximate surface area is 167 Å². The SMILES string of the molecule is Cc1cc(O)c(C)c(C)c1C(=O)CC(C)c1c(C)cc(/C(N)=N/N)c(C)c1C. The van der Waals surface area contributed by atoms with E-state index in [9.17, 15) is 9.90 Å². The number of amidine groups is 1. The van der Waals surface area contributed by atoms with Gasteiger partial charge in [-0.15, -0.1) is 0 Å². The summed E-state index contributed by atoms with van der Waals surface area (Å²) in [7, 11) is 0. The van der Waals surface area contributed by atoms with Crippen molar-refractivity contribution < 1.29 is 9.90 Å². The summed E-state index contributed by atoms with van der Waals surface area (Å²) in [6, 6.07) is 3.66. The molecule has 150 valence electrons. The van der Waals surface area contributed by atoms with Crippen LogP contribution in [0.1, 0.15) is 74.1 Å². The van der Waals surface area contributed by atoms with E-state index < -0.39 is 0 Å². The van der Waals surface area contributed by atoms with Gasteiger partial charge in [0.2, 0.25) is 0 Å². The molecule has 5 nitrogen and oxygen atoms in total. The van der Waals surface area contributed by atoms with Gasteiger partial charge in [0.1, 0.15) is 5.75 Å². The molecule has 0 amide bonds. The van der Waals surface area contributed by atoms with E-state index in [1.165, 1.54) is 0 Å². The minimum atomic E-state index is 0.0456. The highest BCUT2D eigenvalue weighted by molar-refractivity contribution is 6.00. The summed E-state index contributed by atoms with van der Waals surface area (Å²) in [5.74, 6) is 6.03. The van der Waals surface area contributed by atoms with Crippen LogP contribution in [0.5, 0.6) is 5.75 Å². The molecule has 0 aliphatic heterocycles. The number of phenolic OH excluding ortho intramolecular Hbond substituents is 1. The third-order valence-corrected chi connectivity index (χ3v) is 5.90. The van der Waals surface area contributed by atoms with E-state index in [4.69, 9.17) is 11.6 Å². The van der Waals surface area contributed by atoms with Gasteiger partial charge in [-0.25, -0.2) is 0 Å². The van der Waals surface area contributed by atoms with E-state index in [0.29, 0.717) is 17.8 Å². The van der Waals surface area contributed by atoms with Crippen LogP contribution in [0.3, 0.4) is 0 Å². The molecule has 1 atom stereocenters. The van der Waals surface area contributed by atoms with Gasteiger partial charge in [0.05, 0.1) is 0 Å². The van der Waals surface area contributed by atoms with Gasteiger partial charge in [0.15, 0.2) is 11.6 Å². The average Bonchev–Trinajstić information content (AvgIpc) is 2.62. The van der Waals surface area contributed by atoms with Gasteiger partial charge in [-0.3, -0.25) is 4.79 Å². The van der Waals surface area contributed by atoms with Crippen LogP contribution in [-0.2, 0) is 0 Å². The Morgan fingerprint density at radius 3 is 2.18 bits per heavy atom. The third-order valence-electron chi connectivity index (χ3n) is 5.90. The van der Waals surface area contributed by atoms with E-state index in [-0.39, 0.29) is 17.5 Å². The summed E-state index contributed by atoms with van der Waals surface area (Å²) in [4.78, 5) is 13.1. The van der Waals surface area contributed by atoms with Crippen molar-refractivity contribution in [2.24, 2.45) is 16.7 Å². The molecule has 0 saturated heterocycles. The number of hydrogen-bond acceptors (Lipinski definition) is 4. The maximum Gasteiger partial charge on any atom is 0.164 e. The highest BCUT2D eigenvalue weighted by atomic mass is 16.3. The van der Waals surface area contributed by atoms with Gasteiger partial charge in [-0.2, -0.15) is 5.10 Å². The molecule has 5 N–H and O–H groups in total. The molecule has 0 radical (unpaired) electrons. The van der Waals surface area contributed by atoms with Crippen molar-refractivity contribution in [2.45, 2.75) is 60.8 Å². The first kappa shape index (κ1) is 21.5. The molecule has 0 spiro atoms. The number of ketones is 1. The summed E-state index contributed by atoms with van der Waals surface area (Å²) in [5.41, 5.74) is 14.3. The first-order valence-electron chi connectivity index (χ1n) is 9.48. The van der Waals surface area contributed by atoms with Crippen LogP contribution in [0.2, 0.25) is 0 Å². The highest BCUT2D eigenvalue weighted by Crippen LogP contribution is 2.33. The number of Topliss-reactive ketones (excluding diaryl/α,β-unsaturated/α-hetero) is 1. The smallest absolute Gasteiger partial charge is 0.164 e. The number of rotatable bonds is 5. The summed E-state index contributed by atoms with van der Waals surface area (Å²) < 4.78 is 0. The predicted octanol–water partition coefficient (Wildman–Crippen LogP) is 4.20. The molecule has 0 heterocycles. The van der Waals surface area contributed by atoms with E-state index in [1.54, 1.807) is 6.07 Å². The largest absolute Gasteiger partial charge is 0.508 e. The van der Waals surface area contributed by atoms with Gasteiger partial charge in [0, 0.05) is 17.5 Å². The first-order valence-corrected chi connectivity index (χ1v) is 9.48. The van der Waals surface area contributed by atoms with E-state index in [1.807, 2.05) is 47.6 Å². The second-order valence-electron chi connectivity index (χ2n) is 7.78. The number of benzene rings is 2. The van der Waals surface area contributed by atoms with Crippen molar-refractivity contribution in [3.8, 4) is 5.75 Å². The third kappa shape index (κ3) is 3.75. The monoisotopic (exact) mass is 381 g/mol. The van der Waals surface area contributed by atoms with Crippen LogP contribution >= 0.6 is 0 Å². The number of aromatic hydroxyl groups is 1. The average molecular weight is 382 g/mol. The summed E-state index contributed by atoms with van der Waals surface area (Å²) in [5, 5.41) is 13.6. The minimum Gasteiger partial charge on any atom is -0.508 e. The number of carbonyl (C=O) groups is 1. The van der Waals surface area contributed by atoms with E-state index >= 15 is 0 Å². The summed E-state index contributed by atoms with van der Waals surface area (Å²) in [6.07, 6.45) is 0.396. The Balaban J connectivity index is 2.44. The fourth-order valence-electron chi connectivity index (χ4n) is 4.17. The zero-order valence-corrected chi connectivity index (χ0v) is 17.9. The van der Waals surface area contributed by atoms with Crippen LogP contribution in [0.15, 0.2) is 17.2 Å². The number of nitrogens with zero attached hydrogens (tertiary/aromatic N) is 1. The van der Waals surface area contributed by atoms with Gasteiger partial charge in [-0.05, 0) is 98.5 Å². The standard InChI is InChI=1S/C23H31N3O2/c1-11-8-18(23(24)26-25)14(4)16(6)21(11)12(2)10-20(28)22-13(3)9-19(27)15(5)17(22)7/h8-9,12,27H,10,25H2,1-7H3,(H2,24,26). The summed E-state index contributed by atoms with van der Waals surface area (Å²) >= 11 is 0. The van der Waals surface area contributed by atoms with E-state index in [2.05, 4.69) is 12.0 Å². The molecule has 2 rings (SSSR count). The van der Waals surface area contributed by atoms with Gasteiger partial charge >= 0.3 is 0 Å². The molecule has 0 aliphatic carbocycles. The quantitative estimate of drug-likeness (QED) is 0.237. The molecule has 2 aromatic rings. The molecule has 0 bridgehead atoms. The van der Waals surface area contributed by atoms with Crippen molar-refractivity contribution in [2.75, 3.05) is 0 Å². The number of phenols is 1. The molecule has 0 fully saturated rings. The maximum atomic E-state index is 13.1. The Morgan fingerprint density at radius 1 is 1.00 bits per heavy atom. The molecular formula is C23H31N3O2. The molecular weight excluding hydrogens is 350 g/mol. The van der Waals surface area contributed by atoms with Crippen LogP contribution in [0, 0.1) is 41.5 Å². The lowest BCUT2D eigenvalue weighted by Crippen LogP contribution is -2.19. The minimum absolute atomic E-state index is 0.0456. The second-order valence-corrected chi connectivity index (χ2v) is 7.78. The number of nitrogens with two attached hydrogens (primary N) is 2.